The standard InChI is InChI=1S/C18H28FN3O2/c1-4-15(21(3)5-2)10-20-18(23)22-11-16(12-22)24-13-14-8-6-7-9-17(14)19/h6-9,15-16H,4-5,10-13H2,1-3H3,(H,20,23)/t15-/m0/s1. The average Bonchev–Trinajstić information content (AvgIpc) is 2.55. The van der Waals surface area contributed by atoms with Crippen molar-refractivity contribution in [1.82, 2.24) is 15.1 Å². The largest absolute Gasteiger partial charge is 0.370 e. The third-order valence-electron chi connectivity index (χ3n) is 4.65. The summed E-state index contributed by atoms with van der Waals surface area (Å²) in [5.74, 6) is -0.253. The predicted octanol–water partition coefficient (Wildman–Crippen LogP) is 2.47. The van der Waals surface area contributed by atoms with E-state index < -0.39 is 0 Å². The minimum atomic E-state index is -0.253. The fraction of sp³-hybridized carbons (Fsp3) is 0.611. The topological polar surface area (TPSA) is 44.8 Å². The molecule has 0 aromatic heterocycles. The molecule has 1 aliphatic rings. The summed E-state index contributed by atoms with van der Waals surface area (Å²) in [7, 11) is 2.07. The van der Waals surface area contributed by atoms with Gasteiger partial charge in [0, 0.05) is 18.2 Å². The van der Waals surface area contributed by atoms with Gasteiger partial charge in [0.15, 0.2) is 0 Å². The number of benzene rings is 1. The van der Waals surface area contributed by atoms with E-state index in [-0.39, 0.29) is 24.6 Å². The van der Waals surface area contributed by atoms with Crippen LogP contribution in [0.2, 0.25) is 0 Å². The van der Waals surface area contributed by atoms with Crippen LogP contribution in [0.5, 0.6) is 0 Å². The first-order chi connectivity index (χ1) is 11.5. The van der Waals surface area contributed by atoms with Gasteiger partial charge in [-0.25, -0.2) is 9.18 Å². The molecule has 1 fully saturated rings. The zero-order valence-corrected chi connectivity index (χ0v) is 14.8. The van der Waals surface area contributed by atoms with E-state index in [1.807, 2.05) is 0 Å². The first-order valence-corrected chi connectivity index (χ1v) is 8.63. The Hall–Kier alpha value is -1.66. The highest BCUT2D eigenvalue weighted by Crippen LogP contribution is 2.15. The summed E-state index contributed by atoms with van der Waals surface area (Å²) in [6.07, 6.45) is 0.981. The second-order valence-electron chi connectivity index (χ2n) is 6.25. The van der Waals surface area contributed by atoms with Gasteiger partial charge in [0.05, 0.1) is 25.8 Å². The molecular formula is C18H28FN3O2. The zero-order valence-electron chi connectivity index (χ0n) is 14.8. The van der Waals surface area contributed by atoms with E-state index in [0.29, 0.717) is 31.2 Å². The number of carbonyl (C=O) groups is 1. The molecule has 134 valence electrons. The van der Waals surface area contributed by atoms with Gasteiger partial charge < -0.3 is 19.9 Å². The Kier molecular flexibility index (Phi) is 6.99. The maximum absolute atomic E-state index is 13.5. The molecule has 2 amide bonds. The number of nitrogens with zero attached hydrogens (tertiary/aromatic N) is 2. The van der Waals surface area contributed by atoms with Crippen LogP contribution in [0.4, 0.5) is 9.18 Å². The molecular weight excluding hydrogens is 309 g/mol. The number of likely N-dealkylation sites (tertiary alicyclic amines) is 1. The average molecular weight is 337 g/mol. The molecule has 2 rings (SSSR count). The molecule has 1 N–H and O–H groups in total. The predicted molar refractivity (Wildman–Crippen MR) is 92.3 cm³/mol. The Morgan fingerprint density at radius 2 is 2.12 bits per heavy atom. The Labute approximate surface area is 143 Å². The number of halogens is 1. The highest BCUT2D eigenvalue weighted by molar-refractivity contribution is 5.75. The number of hydrogen-bond acceptors (Lipinski definition) is 3. The van der Waals surface area contributed by atoms with Crippen molar-refractivity contribution in [3.8, 4) is 0 Å². The fourth-order valence-corrected chi connectivity index (χ4v) is 2.72. The number of carbonyl (C=O) groups excluding carboxylic acids is 1. The SMILES string of the molecule is CC[C@@H](CNC(=O)N1CC(OCc2ccccc2F)C1)N(C)CC. The molecule has 1 aromatic carbocycles. The highest BCUT2D eigenvalue weighted by atomic mass is 19.1. The first kappa shape index (κ1) is 18.7. The number of ether oxygens (including phenoxy) is 1. The van der Waals surface area contributed by atoms with Gasteiger partial charge in [-0.05, 0) is 26.1 Å². The molecule has 1 saturated heterocycles. The summed E-state index contributed by atoms with van der Waals surface area (Å²) in [5, 5.41) is 2.98. The fourth-order valence-electron chi connectivity index (χ4n) is 2.72. The second-order valence-corrected chi connectivity index (χ2v) is 6.25. The van der Waals surface area contributed by atoms with Gasteiger partial charge in [0.2, 0.25) is 0 Å². The molecule has 1 heterocycles. The molecule has 24 heavy (non-hydrogen) atoms. The summed E-state index contributed by atoms with van der Waals surface area (Å²) >= 11 is 0. The lowest BCUT2D eigenvalue weighted by atomic mass is 10.1. The van der Waals surface area contributed by atoms with Crippen LogP contribution < -0.4 is 5.32 Å². The molecule has 0 aliphatic carbocycles. The summed E-state index contributed by atoms with van der Waals surface area (Å²) in [6.45, 7) is 7.20. The van der Waals surface area contributed by atoms with Crippen LogP contribution >= 0.6 is 0 Å². The number of likely N-dealkylation sites (N-methyl/N-ethyl adjacent to an activating group) is 1. The van der Waals surface area contributed by atoms with E-state index in [1.54, 1.807) is 23.1 Å². The Morgan fingerprint density at radius 3 is 2.75 bits per heavy atom. The van der Waals surface area contributed by atoms with E-state index in [0.717, 1.165) is 13.0 Å². The van der Waals surface area contributed by atoms with Gasteiger partial charge in [-0.15, -0.1) is 0 Å². The van der Waals surface area contributed by atoms with Gasteiger partial charge in [-0.2, -0.15) is 0 Å². The molecule has 0 bridgehead atoms. The molecule has 1 aromatic rings. The Morgan fingerprint density at radius 1 is 1.42 bits per heavy atom. The smallest absolute Gasteiger partial charge is 0.317 e. The van der Waals surface area contributed by atoms with Crippen molar-refractivity contribution >= 4 is 6.03 Å². The van der Waals surface area contributed by atoms with Crippen LogP contribution in [0, 0.1) is 5.82 Å². The van der Waals surface area contributed by atoms with E-state index in [2.05, 4.69) is 31.1 Å². The Bertz CT molecular complexity index is 535. The molecule has 1 aliphatic heterocycles. The van der Waals surface area contributed by atoms with Crippen molar-refractivity contribution in [2.45, 2.75) is 39.0 Å². The number of hydrogen-bond donors (Lipinski definition) is 1. The maximum atomic E-state index is 13.5. The van der Waals surface area contributed by atoms with Crippen molar-refractivity contribution in [3.63, 3.8) is 0 Å². The maximum Gasteiger partial charge on any atom is 0.317 e. The van der Waals surface area contributed by atoms with E-state index >= 15 is 0 Å². The van der Waals surface area contributed by atoms with Crippen molar-refractivity contribution in [1.29, 1.82) is 0 Å². The van der Waals surface area contributed by atoms with Crippen molar-refractivity contribution in [2.75, 3.05) is 33.2 Å². The first-order valence-electron chi connectivity index (χ1n) is 8.63. The van der Waals surface area contributed by atoms with Crippen LogP contribution in [0.3, 0.4) is 0 Å². The minimum absolute atomic E-state index is 0.0179. The van der Waals surface area contributed by atoms with Crippen molar-refractivity contribution in [2.24, 2.45) is 0 Å². The van der Waals surface area contributed by atoms with E-state index in [1.165, 1.54) is 6.07 Å². The lowest BCUT2D eigenvalue weighted by Gasteiger charge is -2.39. The number of amides is 2. The van der Waals surface area contributed by atoms with Gasteiger partial charge >= 0.3 is 6.03 Å². The van der Waals surface area contributed by atoms with Gasteiger partial charge in [-0.3, -0.25) is 0 Å². The summed E-state index contributed by atoms with van der Waals surface area (Å²) in [5.41, 5.74) is 0.550. The summed E-state index contributed by atoms with van der Waals surface area (Å²) in [4.78, 5) is 16.1. The van der Waals surface area contributed by atoms with Crippen LogP contribution in [0.15, 0.2) is 24.3 Å². The minimum Gasteiger partial charge on any atom is -0.370 e. The second kappa shape index (κ2) is 8.99. The lowest BCUT2D eigenvalue weighted by Crippen LogP contribution is -2.58. The van der Waals surface area contributed by atoms with Crippen LogP contribution in [-0.2, 0) is 11.3 Å². The van der Waals surface area contributed by atoms with E-state index in [4.69, 9.17) is 4.74 Å². The van der Waals surface area contributed by atoms with Crippen LogP contribution in [0.25, 0.3) is 0 Å². The van der Waals surface area contributed by atoms with Gasteiger partial charge in [0.25, 0.3) is 0 Å². The molecule has 5 nitrogen and oxygen atoms in total. The summed E-state index contributed by atoms with van der Waals surface area (Å²) < 4.78 is 19.2. The molecule has 0 unspecified atom stereocenters. The van der Waals surface area contributed by atoms with Crippen LogP contribution in [0.1, 0.15) is 25.8 Å². The third kappa shape index (κ3) is 4.92. The van der Waals surface area contributed by atoms with E-state index in [9.17, 15) is 9.18 Å². The third-order valence-corrected chi connectivity index (χ3v) is 4.65. The Balaban J connectivity index is 1.66. The summed E-state index contributed by atoms with van der Waals surface area (Å²) in [6, 6.07) is 6.90. The highest BCUT2D eigenvalue weighted by Gasteiger charge is 2.31. The monoisotopic (exact) mass is 337 g/mol. The molecule has 0 saturated carbocycles. The van der Waals surface area contributed by atoms with Crippen LogP contribution in [-0.4, -0.2) is 61.2 Å². The lowest BCUT2D eigenvalue weighted by molar-refractivity contribution is -0.0451. The molecule has 6 heteroatoms. The molecule has 0 radical (unpaired) electrons. The van der Waals surface area contributed by atoms with Crippen molar-refractivity contribution < 1.29 is 13.9 Å². The molecule has 1 atom stereocenters. The normalized spacial score (nSPS) is 16.1. The zero-order chi connectivity index (χ0) is 17.5. The number of urea groups is 1. The molecule has 0 spiro atoms. The number of rotatable bonds is 8. The quantitative estimate of drug-likeness (QED) is 0.793. The van der Waals surface area contributed by atoms with Gasteiger partial charge in [0.1, 0.15) is 5.82 Å². The number of nitrogens with one attached hydrogen (secondary N) is 1. The van der Waals surface area contributed by atoms with Crippen molar-refractivity contribution in [3.05, 3.63) is 35.6 Å². The van der Waals surface area contributed by atoms with Gasteiger partial charge in [-0.1, -0.05) is 32.0 Å².